The van der Waals surface area contributed by atoms with Gasteiger partial charge in [-0.1, -0.05) is 224 Å². The minimum absolute atomic E-state index is 0.00618. The molecule has 0 aliphatic rings. The molecule has 0 bridgehead atoms. The molecule has 0 saturated heterocycles. The van der Waals surface area contributed by atoms with Crippen molar-refractivity contribution in [3.63, 3.8) is 0 Å². The van der Waals surface area contributed by atoms with Gasteiger partial charge in [-0.05, 0) is 57.8 Å². The topological polar surface area (TPSA) is 89.8 Å². The van der Waals surface area contributed by atoms with Crippen LogP contribution in [-0.4, -0.2) is 46.1 Å². The van der Waals surface area contributed by atoms with E-state index in [4.69, 9.17) is 0 Å². The predicted molar refractivity (Wildman–Crippen MR) is 241 cm³/mol. The fraction of sp³-hybridized carbons (Fsp3) is 0.860. The summed E-state index contributed by atoms with van der Waals surface area (Å²) in [5.41, 5.74) is 0. The van der Waals surface area contributed by atoms with Crippen LogP contribution in [0.2, 0.25) is 0 Å². The Hall–Kier alpha value is -1.43. The third-order valence-corrected chi connectivity index (χ3v) is 11.1. The van der Waals surface area contributed by atoms with E-state index in [9.17, 15) is 20.1 Å². The van der Waals surface area contributed by atoms with Crippen LogP contribution in [0.4, 0.5) is 0 Å². The molecule has 0 spiro atoms. The first-order chi connectivity index (χ1) is 27.0. The molecule has 0 rings (SSSR count). The van der Waals surface area contributed by atoms with Crippen molar-refractivity contribution in [2.24, 2.45) is 0 Å². The van der Waals surface area contributed by atoms with E-state index >= 15 is 0 Å². The number of unbranched alkanes of at least 4 members (excludes halogenated alkanes) is 31. The van der Waals surface area contributed by atoms with E-state index in [0.717, 1.165) is 32.1 Å². The maximum Gasteiger partial charge on any atom is 0.222 e. The van der Waals surface area contributed by atoms with Gasteiger partial charge in [0.15, 0.2) is 0 Å². The van der Waals surface area contributed by atoms with Gasteiger partial charge in [0.2, 0.25) is 5.91 Å². The minimum Gasteiger partial charge on any atom is -0.394 e. The lowest BCUT2D eigenvalue weighted by Gasteiger charge is -2.21. The Labute approximate surface area is 343 Å². The Bertz CT molecular complexity index is 855. The zero-order valence-electron chi connectivity index (χ0n) is 36.8. The molecule has 0 radical (unpaired) electrons. The predicted octanol–water partition coefficient (Wildman–Crippen LogP) is 14.3. The highest BCUT2D eigenvalue weighted by molar-refractivity contribution is 5.76. The van der Waals surface area contributed by atoms with Crippen LogP contribution in [0.15, 0.2) is 36.5 Å². The lowest BCUT2D eigenvalue weighted by atomic mass is 10.0. The summed E-state index contributed by atoms with van der Waals surface area (Å²) < 4.78 is 0. The third-order valence-electron chi connectivity index (χ3n) is 11.1. The Kier molecular flexibility index (Phi) is 44.1. The molecule has 1 amide bonds. The highest BCUT2D eigenvalue weighted by Crippen LogP contribution is 2.16. The first kappa shape index (κ1) is 53.6. The van der Waals surface area contributed by atoms with Crippen LogP contribution in [0.3, 0.4) is 0 Å². The molecule has 3 unspecified atom stereocenters. The van der Waals surface area contributed by atoms with Crippen LogP contribution >= 0.6 is 0 Å². The van der Waals surface area contributed by atoms with Crippen LogP contribution in [0, 0.1) is 0 Å². The van der Waals surface area contributed by atoms with E-state index < -0.39 is 18.2 Å². The summed E-state index contributed by atoms with van der Waals surface area (Å²) >= 11 is 0. The van der Waals surface area contributed by atoms with E-state index in [1.165, 1.54) is 193 Å². The Morgan fingerprint density at radius 2 is 0.782 bits per heavy atom. The molecule has 4 N–H and O–H groups in total. The second kappa shape index (κ2) is 45.3. The molecule has 0 aromatic rings. The van der Waals surface area contributed by atoms with E-state index in [1.54, 1.807) is 6.08 Å². The SMILES string of the molecule is CCCCCCCCC/C=C/CC/C=C/C(O)C(CO)NC(=O)CC(O)CCCCCCCCCCCCC/C=C\CCCCCCCCCCCCCC. The molecule has 3 atom stereocenters. The number of allylic oxidation sites excluding steroid dienone is 5. The Morgan fingerprint density at radius 1 is 0.455 bits per heavy atom. The number of aliphatic hydroxyl groups is 3. The molecule has 0 saturated carbocycles. The average molecular weight is 774 g/mol. The minimum atomic E-state index is -0.950. The maximum atomic E-state index is 12.4. The molecule has 0 aliphatic carbocycles. The van der Waals surface area contributed by atoms with Gasteiger partial charge in [0.1, 0.15) is 0 Å². The third kappa shape index (κ3) is 42.0. The van der Waals surface area contributed by atoms with Crippen LogP contribution in [0.1, 0.15) is 251 Å². The van der Waals surface area contributed by atoms with E-state index in [1.807, 2.05) is 6.08 Å². The molecule has 0 heterocycles. The van der Waals surface area contributed by atoms with Gasteiger partial charge in [-0.15, -0.1) is 0 Å². The molecule has 0 aliphatic heterocycles. The number of aliphatic hydroxyl groups excluding tert-OH is 3. The average Bonchev–Trinajstić information content (AvgIpc) is 3.18. The highest BCUT2D eigenvalue weighted by atomic mass is 16.3. The standard InChI is InChI=1S/C50H95NO4/c1-3-5-7-9-11-13-15-17-18-19-20-21-22-23-24-25-26-27-28-29-30-32-33-35-37-39-41-43-47(53)45-50(55)51-48(46-52)49(54)44-42-40-38-36-34-31-16-14-12-10-8-6-4-2/h23-24,34,36,42,44,47-49,52-54H,3-22,25-33,35,37-41,43,45-46H2,1-2H3,(H,51,55)/b24-23-,36-34+,44-42+. The van der Waals surface area contributed by atoms with Gasteiger partial charge in [-0.2, -0.15) is 0 Å². The summed E-state index contributed by atoms with van der Waals surface area (Å²) in [4.78, 5) is 12.4. The van der Waals surface area contributed by atoms with Crippen LogP contribution in [-0.2, 0) is 4.79 Å². The number of carbonyl (C=O) groups excluding carboxylic acids is 1. The molecule has 55 heavy (non-hydrogen) atoms. The maximum absolute atomic E-state index is 12.4. The zero-order chi connectivity index (χ0) is 40.1. The molecular weight excluding hydrogens is 679 g/mol. The number of rotatable bonds is 44. The second-order valence-electron chi connectivity index (χ2n) is 16.7. The fourth-order valence-corrected chi connectivity index (χ4v) is 7.41. The van der Waals surface area contributed by atoms with Crippen molar-refractivity contribution in [3.8, 4) is 0 Å². The monoisotopic (exact) mass is 774 g/mol. The van der Waals surface area contributed by atoms with Crippen molar-refractivity contribution in [2.45, 2.75) is 270 Å². The number of hydrogen-bond donors (Lipinski definition) is 4. The van der Waals surface area contributed by atoms with Gasteiger partial charge in [0, 0.05) is 0 Å². The number of nitrogens with one attached hydrogen (secondary N) is 1. The van der Waals surface area contributed by atoms with Crippen molar-refractivity contribution in [2.75, 3.05) is 6.61 Å². The van der Waals surface area contributed by atoms with Crippen LogP contribution < -0.4 is 5.32 Å². The largest absolute Gasteiger partial charge is 0.394 e. The summed E-state index contributed by atoms with van der Waals surface area (Å²) in [6.45, 7) is 4.20. The number of carbonyl (C=O) groups is 1. The molecule has 5 nitrogen and oxygen atoms in total. The summed E-state index contributed by atoms with van der Waals surface area (Å²) in [7, 11) is 0. The quantitative estimate of drug-likeness (QED) is 0.0367. The molecule has 324 valence electrons. The van der Waals surface area contributed by atoms with E-state index in [0.29, 0.717) is 6.42 Å². The van der Waals surface area contributed by atoms with Crippen molar-refractivity contribution >= 4 is 5.91 Å². The van der Waals surface area contributed by atoms with Crippen LogP contribution in [0.25, 0.3) is 0 Å². The van der Waals surface area contributed by atoms with Crippen molar-refractivity contribution in [1.29, 1.82) is 0 Å². The number of hydrogen-bond acceptors (Lipinski definition) is 4. The summed E-state index contributed by atoms with van der Waals surface area (Å²) in [6, 6.07) is -0.760. The fourth-order valence-electron chi connectivity index (χ4n) is 7.41. The van der Waals surface area contributed by atoms with Crippen LogP contribution in [0.5, 0.6) is 0 Å². The Morgan fingerprint density at radius 3 is 1.16 bits per heavy atom. The first-order valence-corrected chi connectivity index (χ1v) is 24.3. The summed E-state index contributed by atoms with van der Waals surface area (Å²) in [5.74, 6) is -0.325. The van der Waals surface area contributed by atoms with Gasteiger partial charge >= 0.3 is 0 Å². The number of amides is 1. The van der Waals surface area contributed by atoms with Gasteiger partial charge < -0.3 is 20.6 Å². The molecular formula is C50H95NO4. The second-order valence-corrected chi connectivity index (χ2v) is 16.7. The molecule has 0 aromatic heterocycles. The Balaban J connectivity index is 3.58. The summed E-state index contributed by atoms with van der Waals surface area (Å²) in [5, 5.41) is 33.2. The van der Waals surface area contributed by atoms with Crippen molar-refractivity contribution in [1.82, 2.24) is 5.32 Å². The van der Waals surface area contributed by atoms with Gasteiger partial charge in [0.25, 0.3) is 0 Å². The van der Waals surface area contributed by atoms with E-state index in [-0.39, 0.29) is 18.9 Å². The van der Waals surface area contributed by atoms with Gasteiger partial charge in [0.05, 0.1) is 31.3 Å². The lowest BCUT2D eigenvalue weighted by molar-refractivity contribution is -0.124. The smallest absolute Gasteiger partial charge is 0.222 e. The molecule has 5 heteroatoms. The highest BCUT2D eigenvalue weighted by Gasteiger charge is 2.20. The summed E-state index contributed by atoms with van der Waals surface area (Å²) in [6.07, 6.45) is 57.4. The van der Waals surface area contributed by atoms with Gasteiger partial charge in [-0.3, -0.25) is 4.79 Å². The molecule has 0 fully saturated rings. The van der Waals surface area contributed by atoms with E-state index in [2.05, 4.69) is 43.5 Å². The zero-order valence-corrected chi connectivity index (χ0v) is 36.8. The normalized spacial score (nSPS) is 13.8. The molecule has 0 aromatic carbocycles. The first-order valence-electron chi connectivity index (χ1n) is 24.3. The van der Waals surface area contributed by atoms with Gasteiger partial charge in [-0.25, -0.2) is 0 Å². The van der Waals surface area contributed by atoms with Crippen molar-refractivity contribution in [3.05, 3.63) is 36.5 Å². The lowest BCUT2D eigenvalue weighted by Crippen LogP contribution is -2.45. The van der Waals surface area contributed by atoms with Crippen molar-refractivity contribution < 1.29 is 20.1 Å².